The molecular formula is C26H28F4N2O2. The predicted molar refractivity (Wildman–Crippen MR) is 119 cm³/mol. The number of hydrogen-bond donors (Lipinski definition) is 1. The second kappa shape index (κ2) is 7.70. The van der Waals surface area contributed by atoms with E-state index in [1.807, 2.05) is 6.07 Å². The standard InChI is InChI=1S/C26H28F4N2O2/c1-24(2)13-18-9-16(17-10-19(26(28,29)30)12-20(27)11-17)3-4-21(18)25(24,34-23(31)33)22-14-32-7-5-15(22)6-8-32/h3-4,9-12,15,22H,5-8,13-14H2,1-2H3,(H2,31,33)/t22?,25-/m0/s1. The number of alkyl halides is 3. The topological polar surface area (TPSA) is 55.6 Å². The van der Waals surface area contributed by atoms with Crippen molar-refractivity contribution >= 4 is 6.09 Å². The summed E-state index contributed by atoms with van der Waals surface area (Å²) in [6, 6.07) is 7.90. The van der Waals surface area contributed by atoms with E-state index in [9.17, 15) is 22.4 Å². The van der Waals surface area contributed by atoms with Gasteiger partial charge in [-0.15, -0.1) is 0 Å². The minimum Gasteiger partial charge on any atom is -0.437 e. The van der Waals surface area contributed by atoms with Gasteiger partial charge in [0, 0.05) is 17.9 Å². The Morgan fingerprint density at radius 3 is 2.38 bits per heavy atom. The van der Waals surface area contributed by atoms with Gasteiger partial charge in [-0.1, -0.05) is 32.0 Å². The first kappa shape index (κ1) is 23.1. The van der Waals surface area contributed by atoms with Crippen molar-refractivity contribution < 1.29 is 27.1 Å². The zero-order valence-electron chi connectivity index (χ0n) is 19.2. The Morgan fingerprint density at radius 1 is 1.09 bits per heavy atom. The molecule has 6 rings (SSSR count). The number of nitrogens with two attached hydrogens (primary N) is 1. The van der Waals surface area contributed by atoms with Crippen molar-refractivity contribution in [3.8, 4) is 11.1 Å². The maximum atomic E-state index is 14.1. The summed E-state index contributed by atoms with van der Waals surface area (Å²) in [7, 11) is 0. The average molecular weight is 477 g/mol. The van der Waals surface area contributed by atoms with Crippen LogP contribution < -0.4 is 5.73 Å². The molecule has 34 heavy (non-hydrogen) atoms. The molecule has 0 saturated carbocycles. The van der Waals surface area contributed by atoms with Crippen molar-refractivity contribution in [2.24, 2.45) is 23.0 Å². The van der Waals surface area contributed by atoms with Gasteiger partial charge in [0.2, 0.25) is 0 Å². The summed E-state index contributed by atoms with van der Waals surface area (Å²) >= 11 is 0. The van der Waals surface area contributed by atoms with Gasteiger partial charge >= 0.3 is 12.3 Å². The molecule has 0 spiro atoms. The molecule has 0 aromatic heterocycles. The molecule has 3 fully saturated rings. The monoisotopic (exact) mass is 476 g/mol. The second-order valence-electron chi connectivity index (χ2n) is 10.6. The highest BCUT2D eigenvalue weighted by Gasteiger charge is 2.62. The van der Waals surface area contributed by atoms with E-state index >= 15 is 0 Å². The van der Waals surface area contributed by atoms with Gasteiger partial charge in [0.15, 0.2) is 0 Å². The number of amides is 1. The van der Waals surface area contributed by atoms with Gasteiger partial charge in [-0.3, -0.25) is 0 Å². The third-order valence-corrected chi connectivity index (χ3v) is 8.14. The van der Waals surface area contributed by atoms with E-state index in [4.69, 9.17) is 10.5 Å². The summed E-state index contributed by atoms with van der Waals surface area (Å²) in [6.45, 7) is 6.97. The number of hydrogen-bond acceptors (Lipinski definition) is 3. The highest BCUT2D eigenvalue weighted by molar-refractivity contribution is 5.69. The van der Waals surface area contributed by atoms with Crippen molar-refractivity contribution in [2.45, 2.75) is 44.9 Å². The van der Waals surface area contributed by atoms with E-state index in [1.165, 1.54) is 0 Å². The summed E-state index contributed by atoms with van der Waals surface area (Å²) in [5.74, 6) is -0.480. The number of piperidine rings is 3. The molecule has 4 nitrogen and oxygen atoms in total. The first-order valence-corrected chi connectivity index (χ1v) is 11.6. The smallest absolute Gasteiger partial charge is 0.416 e. The van der Waals surface area contributed by atoms with Crippen LogP contribution in [-0.4, -0.2) is 30.6 Å². The molecule has 8 heteroatoms. The molecule has 4 aliphatic rings. The Balaban J connectivity index is 1.63. The molecule has 2 atom stereocenters. The quantitative estimate of drug-likeness (QED) is 0.576. The number of rotatable bonds is 3. The molecule has 3 saturated heterocycles. The summed E-state index contributed by atoms with van der Waals surface area (Å²) in [5, 5.41) is 0. The van der Waals surface area contributed by atoms with Crippen molar-refractivity contribution in [1.29, 1.82) is 0 Å². The number of carbonyl (C=O) groups is 1. The maximum Gasteiger partial charge on any atom is 0.416 e. The Labute approximate surface area is 196 Å². The molecule has 3 aliphatic heterocycles. The molecule has 2 N–H and O–H groups in total. The van der Waals surface area contributed by atoms with E-state index in [0.717, 1.165) is 55.7 Å². The number of nitrogens with zero attached hydrogens (tertiary/aromatic N) is 1. The Kier molecular flexibility index (Phi) is 5.24. The Bertz CT molecular complexity index is 1140. The largest absolute Gasteiger partial charge is 0.437 e. The molecule has 1 aliphatic carbocycles. The third-order valence-electron chi connectivity index (χ3n) is 8.14. The average Bonchev–Trinajstić information content (AvgIpc) is 2.99. The molecule has 2 aromatic rings. The van der Waals surface area contributed by atoms with Gasteiger partial charge in [-0.05, 0) is 78.7 Å². The van der Waals surface area contributed by atoms with Crippen LogP contribution in [0.5, 0.6) is 0 Å². The van der Waals surface area contributed by atoms with Gasteiger partial charge in [0.1, 0.15) is 11.4 Å². The first-order valence-electron chi connectivity index (χ1n) is 11.6. The van der Waals surface area contributed by atoms with Crippen LogP contribution in [0, 0.1) is 23.1 Å². The van der Waals surface area contributed by atoms with Crippen molar-refractivity contribution in [1.82, 2.24) is 4.90 Å². The number of halogens is 4. The zero-order chi connectivity index (χ0) is 24.5. The summed E-state index contributed by atoms with van der Waals surface area (Å²) in [6.07, 6.45) is -2.85. The lowest BCUT2D eigenvalue weighted by molar-refractivity contribution is -0.157. The van der Waals surface area contributed by atoms with Crippen LogP contribution in [0.2, 0.25) is 0 Å². The van der Waals surface area contributed by atoms with Gasteiger partial charge in [-0.2, -0.15) is 13.2 Å². The fraction of sp³-hybridized carbons (Fsp3) is 0.500. The molecule has 1 unspecified atom stereocenters. The first-order chi connectivity index (χ1) is 15.9. The predicted octanol–water partition coefficient (Wildman–Crippen LogP) is 5.73. The molecule has 182 valence electrons. The van der Waals surface area contributed by atoms with Crippen LogP contribution in [0.3, 0.4) is 0 Å². The highest BCUT2D eigenvalue weighted by atomic mass is 19.4. The lowest BCUT2D eigenvalue weighted by atomic mass is 9.60. The highest BCUT2D eigenvalue weighted by Crippen LogP contribution is 2.60. The van der Waals surface area contributed by atoms with Crippen LogP contribution in [0.4, 0.5) is 22.4 Å². The van der Waals surface area contributed by atoms with E-state index in [2.05, 4.69) is 18.7 Å². The third kappa shape index (κ3) is 3.58. The van der Waals surface area contributed by atoms with Gasteiger partial charge in [-0.25, -0.2) is 9.18 Å². The second-order valence-corrected chi connectivity index (χ2v) is 10.6. The van der Waals surface area contributed by atoms with E-state index in [-0.39, 0.29) is 11.5 Å². The van der Waals surface area contributed by atoms with E-state index in [0.29, 0.717) is 24.0 Å². The number of primary amides is 1. The van der Waals surface area contributed by atoms with Crippen LogP contribution in [0.25, 0.3) is 11.1 Å². The molecule has 2 bridgehead atoms. The van der Waals surface area contributed by atoms with Crippen molar-refractivity contribution in [3.05, 3.63) is 58.9 Å². The van der Waals surface area contributed by atoms with Crippen molar-refractivity contribution in [2.75, 3.05) is 19.6 Å². The lowest BCUT2D eigenvalue weighted by Crippen LogP contribution is -2.60. The molecule has 3 heterocycles. The van der Waals surface area contributed by atoms with Crippen LogP contribution in [0.15, 0.2) is 36.4 Å². The number of ether oxygens (including phenoxy) is 1. The number of carbonyl (C=O) groups excluding carboxylic acids is 1. The minimum atomic E-state index is -4.64. The zero-order valence-corrected chi connectivity index (χ0v) is 19.2. The summed E-state index contributed by atoms with van der Waals surface area (Å²) in [4.78, 5) is 14.6. The van der Waals surface area contributed by atoms with E-state index in [1.54, 1.807) is 12.1 Å². The maximum absolute atomic E-state index is 14.1. The molecule has 2 aromatic carbocycles. The molecule has 0 radical (unpaired) electrons. The SMILES string of the molecule is CC1(C)Cc2cc(-c3cc(F)cc(C(F)(F)F)c3)ccc2[C@]1(OC(N)=O)C1CN2CCC1CC2. The number of fused-ring (bicyclic) bond motifs is 4. The molecule has 1 amide bonds. The Hall–Kier alpha value is -2.61. The van der Waals surface area contributed by atoms with Crippen LogP contribution >= 0.6 is 0 Å². The summed E-state index contributed by atoms with van der Waals surface area (Å²) < 4.78 is 59.9. The fourth-order valence-corrected chi connectivity index (χ4v) is 6.73. The minimum absolute atomic E-state index is 0.0654. The lowest BCUT2D eigenvalue weighted by Gasteiger charge is -2.55. The van der Waals surface area contributed by atoms with Gasteiger partial charge in [0.05, 0.1) is 5.56 Å². The van der Waals surface area contributed by atoms with Crippen LogP contribution in [0.1, 0.15) is 43.4 Å². The van der Waals surface area contributed by atoms with Gasteiger partial charge < -0.3 is 15.4 Å². The summed E-state index contributed by atoms with van der Waals surface area (Å²) in [5.41, 5.74) is 5.56. The van der Waals surface area contributed by atoms with Crippen molar-refractivity contribution in [3.63, 3.8) is 0 Å². The molecular weight excluding hydrogens is 448 g/mol. The van der Waals surface area contributed by atoms with Gasteiger partial charge in [0.25, 0.3) is 0 Å². The van der Waals surface area contributed by atoms with E-state index < -0.39 is 34.7 Å². The number of benzene rings is 2. The fourth-order valence-electron chi connectivity index (χ4n) is 6.73. The Morgan fingerprint density at radius 2 is 1.79 bits per heavy atom. The normalized spacial score (nSPS) is 29.6. The van der Waals surface area contributed by atoms with Crippen LogP contribution in [-0.2, 0) is 22.9 Å².